The van der Waals surface area contributed by atoms with Crippen molar-refractivity contribution >= 4 is 9.04 Å². The minimum Gasteiger partial charge on any atom is -0.412 e. The molecular formula is C8H16OSi. The predicted molar refractivity (Wildman–Crippen MR) is 48.4 cm³/mol. The third kappa shape index (κ3) is 4.53. The highest BCUT2D eigenvalue weighted by Gasteiger charge is 1.98. The van der Waals surface area contributed by atoms with Gasteiger partial charge in [0.15, 0.2) is 0 Å². The van der Waals surface area contributed by atoms with E-state index in [-0.39, 0.29) is 0 Å². The van der Waals surface area contributed by atoms with Crippen molar-refractivity contribution in [3.63, 3.8) is 0 Å². The molecule has 0 saturated carbocycles. The lowest BCUT2D eigenvalue weighted by Gasteiger charge is -2.03. The second kappa shape index (κ2) is 6.77. The average Bonchev–Trinajstić information content (AvgIpc) is 1.90. The highest BCUT2D eigenvalue weighted by molar-refractivity contribution is 6.63. The van der Waals surface area contributed by atoms with Crippen molar-refractivity contribution < 1.29 is 4.43 Å². The molecule has 0 rings (SSSR count). The monoisotopic (exact) mass is 156 g/mol. The molecule has 0 aliphatic rings. The number of rotatable bonds is 4. The standard InChI is InChI=1S/C8H16OSi/c1-4-7-10(8-5-2)9-6-3/h4-5,7-8,10H,6H2,1-3H3. The fourth-order valence-corrected chi connectivity index (χ4v) is 2.24. The van der Waals surface area contributed by atoms with Gasteiger partial charge in [-0.05, 0) is 20.8 Å². The summed E-state index contributed by atoms with van der Waals surface area (Å²) in [5, 5.41) is 0. The maximum absolute atomic E-state index is 5.49. The molecule has 0 fully saturated rings. The fourth-order valence-electron chi connectivity index (χ4n) is 0.747. The molecule has 58 valence electrons. The quantitative estimate of drug-likeness (QED) is 0.566. The summed E-state index contributed by atoms with van der Waals surface area (Å²) in [6.45, 7) is 6.92. The molecule has 10 heavy (non-hydrogen) atoms. The minimum atomic E-state index is -1.09. The largest absolute Gasteiger partial charge is 0.412 e. The molecule has 0 N–H and O–H groups in total. The van der Waals surface area contributed by atoms with E-state index in [4.69, 9.17) is 4.43 Å². The first-order chi connectivity index (χ1) is 4.85. The fraction of sp³-hybridized carbons (Fsp3) is 0.500. The van der Waals surface area contributed by atoms with Gasteiger partial charge in [-0.15, -0.1) is 0 Å². The van der Waals surface area contributed by atoms with Crippen molar-refractivity contribution in [3.8, 4) is 0 Å². The van der Waals surface area contributed by atoms with Crippen LogP contribution in [0.15, 0.2) is 23.6 Å². The molecule has 1 nitrogen and oxygen atoms in total. The van der Waals surface area contributed by atoms with Crippen molar-refractivity contribution in [3.05, 3.63) is 23.6 Å². The molecule has 0 aromatic heterocycles. The highest BCUT2D eigenvalue weighted by Crippen LogP contribution is 1.90. The topological polar surface area (TPSA) is 9.23 Å². The van der Waals surface area contributed by atoms with Gasteiger partial charge in [0.05, 0.1) is 0 Å². The van der Waals surface area contributed by atoms with Crippen molar-refractivity contribution in [1.82, 2.24) is 0 Å². The minimum absolute atomic E-state index is 0.825. The number of hydrogen-bond donors (Lipinski definition) is 0. The van der Waals surface area contributed by atoms with Crippen LogP contribution in [0.5, 0.6) is 0 Å². The van der Waals surface area contributed by atoms with Gasteiger partial charge >= 0.3 is 0 Å². The Morgan fingerprint density at radius 2 is 1.70 bits per heavy atom. The Labute approximate surface area is 65.1 Å². The molecule has 0 aliphatic heterocycles. The van der Waals surface area contributed by atoms with Crippen LogP contribution in [0.3, 0.4) is 0 Å². The SMILES string of the molecule is CC=C[SiH](C=CC)OCC. The van der Waals surface area contributed by atoms with Gasteiger partial charge in [0.25, 0.3) is 0 Å². The molecule has 0 aliphatic carbocycles. The van der Waals surface area contributed by atoms with Gasteiger partial charge in [0.1, 0.15) is 0 Å². The van der Waals surface area contributed by atoms with E-state index >= 15 is 0 Å². The van der Waals surface area contributed by atoms with E-state index in [1.54, 1.807) is 0 Å². The van der Waals surface area contributed by atoms with Gasteiger partial charge in [0.2, 0.25) is 9.04 Å². The van der Waals surface area contributed by atoms with Gasteiger partial charge in [-0.25, -0.2) is 0 Å². The van der Waals surface area contributed by atoms with E-state index in [2.05, 4.69) is 23.6 Å². The third-order valence-electron chi connectivity index (χ3n) is 1.12. The zero-order valence-electron chi connectivity index (χ0n) is 7.00. The molecule has 0 bridgehead atoms. The molecule has 2 heteroatoms. The van der Waals surface area contributed by atoms with Gasteiger partial charge in [0, 0.05) is 6.61 Å². The van der Waals surface area contributed by atoms with Crippen LogP contribution in [-0.4, -0.2) is 15.6 Å². The number of hydrogen-bond acceptors (Lipinski definition) is 1. The molecule has 0 saturated heterocycles. The Kier molecular flexibility index (Phi) is 6.54. The summed E-state index contributed by atoms with van der Waals surface area (Å²) in [5.41, 5.74) is 4.34. The second-order valence-electron chi connectivity index (χ2n) is 1.97. The van der Waals surface area contributed by atoms with Crippen molar-refractivity contribution in [2.45, 2.75) is 20.8 Å². The van der Waals surface area contributed by atoms with Crippen LogP contribution < -0.4 is 0 Å². The van der Waals surface area contributed by atoms with E-state index in [1.807, 2.05) is 20.8 Å². The van der Waals surface area contributed by atoms with Crippen LogP contribution in [0, 0.1) is 0 Å². The maximum Gasteiger partial charge on any atom is 0.224 e. The van der Waals surface area contributed by atoms with Crippen LogP contribution in [0.25, 0.3) is 0 Å². The van der Waals surface area contributed by atoms with Crippen LogP contribution in [0.4, 0.5) is 0 Å². The van der Waals surface area contributed by atoms with E-state index < -0.39 is 9.04 Å². The lowest BCUT2D eigenvalue weighted by Crippen LogP contribution is -2.11. The van der Waals surface area contributed by atoms with Gasteiger partial charge in [-0.2, -0.15) is 0 Å². The van der Waals surface area contributed by atoms with Crippen molar-refractivity contribution in [2.24, 2.45) is 0 Å². The Bertz CT molecular complexity index is 106. The lowest BCUT2D eigenvalue weighted by atomic mass is 10.8. The molecule has 0 atom stereocenters. The van der Waals surface area contributed by atoms with Gasteiger partial charge in [-0.3, -0.25) is 0 Å². The molecule has 0 spiro atoms. The van der Waals surface area contributed by atoms with Crippen molar-refractivity contribution in [1.29, 1.82) is 0 Å². The Hall–Kier alpha value is -0.343. The number of allylic oxidation sites excluding steroid dienone is 2. The van der Waals surface area contributed by atoms with Crippen LogP contribution in [0.1, 0.15) is 20.8 Å². The Morgan fingerprint density at radius 1 is 1.20 bits per heavy atom. The normalized spacial score (nSPS) is 15.1. The summed E-state index contributed by atoms with van der Waals surface area (Å²) in [6.07, 6.45) is 4.12. The summed E-state index contributed by atoms with van der Waals surface area (Å²) in [4.78, 5) is 0. The third-order valence-corrected chi connectivity index (χ3v) is 3.37. The van der Waals surface area contributed by atoms with E-state index in [0.717, 1.165) is 6.61 Å². The molecule has 0 radical (unpaired) electrons. The summed E-state index contributed by atoms with van der Waals surface area (Å²) in [5.74, 6) is 0. The smallest absolute Gasteiger partial charge is 0.224 e. The first kappa shape index (κ1) is 9.66. The summed E-state index contributed by atoms with van der Waals surface area (Å²) in [7, 11) is -1.09. The van der Waals surface area contributed by atoms with Crippen molar-refractivity contribution in [2.75, 3.05) is 6.61 Å². The van der Waals surface area contributed by atoms with Crippen LogP contribution >= 0.6 is 0 Å². The predicted octanol–water partition coefficient (Wildman–Crippen LogP) is 1.98. The summed E-state index contributed by atoms with van der Waals surface area (Å²) in [6, 6.07) is 0. The molecule has 0 heterocycles. The summed E-state index contributed by atoms with van der Waals surface area (Å²) >= 11 is 0. The summed E-state index contributed by atoms with van der Waals surface area (Å²) < 4.78 is 5.49. The van der Waals surface area contributed by atoms with Gasteiger partial charge in [-0.1, -0.05) is 23.6 Å². The molecule has 0 amide bonds. The van der Waals surface area contributed by atoms with E-state index in [0.29, 0.717) is 0 Å². The lowest BCUT2D eigenvalue weighted by molar-refractivity contribution is 0.356. The average molecular weight is 156 g/mol. The van der Waals surface area contributed by atoms with E-state index in [1.165, 1.54) is 0 Å². The zero-order chi connectivity index (χ0) is 7.82. The highest BCUT2D eigenvalue weighted by atomic mass is 28.3. The van der Waals surface area contributed by atoms with E-state index in [9.17, 15) is 0 Å². The molecule has 0 aromatic rings. The van der Waals surface area contributed by atoms with Crippen LogP contribution in [0.2, 0.25) is 0 Å². The second-order valence-corrected chi connectivity index (χ2v) is 4.00. The van der Waals surface area contributed by atoms with Crippen LogP contribution in [-0.2, 0) is 4.43 Å². The molecule has 0 aromatic carbocycles. The first-order valence-electron chi connectivity index (χ1n) is 3.72. The maximum atomic E-state index is 5.49. The molecular weight excluding hydrogens is 140 g/mol. The Morgan fingerprint density at radius 3 is 2.00 bits per heavy atom. The Balaban J connectivity index is 3.72. The van der Waals surface area contributed by atoms with Gasteiger partial charge < -0.3 is 4.43 Å². The zero-order valence-corrected chi connectivity index (χ0v) is 8.16. The first-order valence-corrected chi connectivity index (χ1v) is 5.52. The molecule has 0 unspecified atom stereocenters.